The van der Waals surface area contributed by atoms with E-state index in [1.54, 1.807) is 6.07 Å². The fraction of sp³-hybridized carbons (Fsp3) is 0.500. The molecule has 2 unspecified atom stereocenters. The molecule has 2 N–H and O–H groups in total. The number of hydrogen-bond acceptors (Lipinski definition) is 3. The Labute approximate surface area is 162 Å². The largest absolute Gasteiger partial charge is 0.344 e. The molecule has 1 aromatic heterocycles. The van der Waals surface area contributed by atoms with Crippen LogP contribution in [0.1, 0.15) is 73.2 Å². The highest BCUT2D eigenvalue weighted by Gasteiger charge is 2.19. The third-order valence-electron chi connectivity index (χ3n) is 4.94. The zero-order valence-corrected chi connectivity index (χ0v) is 16.6. The van der Waals surface area contributed by atoms with Crippen LogP contribution in [-0.2, 0) is 0 Å². The van der Waals surface area contributed by atoms with Gasteiger partial charge in [0.25, 0.3) is 5.91 Å². The Morgan fingerprint density at radius 1 is 1.19 bits per heavy atom. The van der Waals surface area contributed by atoms with Crippen LogP contribution in [0.2, 0.25) is 0 Å². The standard InChI is InChI=1S/C20H28N4O.ClH/c1-14(2)16-6-8-17(9-7-16)15(3)22-20(25)19-10-12-24(23-19)18-5-4-11-21-13-18;/h6-10,12,14-15,18,21H,4-5,11,13H2,1-3H3,(H,22,25);1H. The predicted molar refractivity (Wildman–Crippen MR) is 107 cm³/mol. The summed E-state index contributed by atoms with van der Waals surface area (Å²) in [6, 6.07) is 10.5. The van der Waals surface area contributed by atoms with Crippen LogP contribution >= 0.6 is 12.4 Å². The molecule has 0 radical (unpaired) electrons. The van der Waals surface area contributed by atoms with Crippen LogP contribution in [-0.4, -0.2) is 28.8 Å². The molecule has 1 amide bonds. The van der Waals surface area contributed by atoms with Gasteiger partial charge in [-0.2, -0.15) is 5.10 Å². The minimum atomic E-state index is -0.122. The first-order valence-corrected chi connectivity index (χ1v) is 9.21. The topological polar surface area (TPSA) is 59.0 Å². The maximum Gasteiger partial charge on any atom is 0.272 e. The highest BCUT2D eigenvalue weighted by Crippen LogP contribution is 2.19. The number of nitrogens with zero attached hydrogens (tertiary/aromatic N) is 2. The van der Waals surface area contributed by atoms with Gasteiger partial charge in [-0.05, 0) is 49.4 Å². The molecule has 0 saturated carbocycles. The Balaban J connectivity index is 0.00000243. The van der Waals surface area contributed by atoms with Gasteiger partial charge in [0.05, 0.1) is 12.1 Å². The molecule has 2 heterocycles. The number of rotatable bonds is 5. The molecule has 2 atom stereocenters. The Morgan fingerprint density at radius 3 is 2.50 bits per heavy atom. The molecule has 3 rings (SSSR count). The summed E-state index contributed by atoms with van der Waals surface area (Å²) in [7, 11) is 0. The van der Waals surface area contributed by atoms with E-state index in [-0.39, 0.29) is 24.4 Å². The Morgan fingerprint density at radius 2 is 1.88 bits per heavy atom. The van der Waals surface area contributed by atoms with Crippen molar-refractivity contribution in [3.63, 3.8) is 0 Å². The van der Waals surface area contributed by atoms with Gasteiger partial charge in [-0.3, -0.25) is 9.48 Å². The van der Waals surface area contributed by atoms with Crippen LogP contribution in [0.25, 0.3) is 0 Å². The smallest absolute Gasteiger partial charge is 0.272 e. The van der Waals surface area contributed by atoms with E-state index in [0.29, 0.717) is 17.7 Å². The molecule has 0 bridgehead atoms. The molecule has 6 heteroatoms. The summed E-state index contributed by atoms with van der Waals surface area (Å²) in [5.74, 6) is 0.389. The SMILES string of the molecule is CC(C)c1ccc(C(C)NC(=O)c2ccn(C3CCCNC3)n2)cc1.Cl. The van der Waals surface area contributed by atoms with Crippen molar-refractivity contribution in [3.8, 4) is 0 Å². The van der Waals surface area contributed by atoms with E-state index in [2.05, 4.69) is 53.8 Å². The van der Waals surface area contributed by atoms with Gasteiger partial charge in [0.1, 0.15) is 5.69 Å². The molecule has 0 aliphatic carbocycles. The minimum Gasteiger partial charge on any atom is -0.344 e. The number of amides is 1. The van der Waals surface area contributed by atoms with Crippen LogP contribution in [0.4, 0.5) is 0 Å². The van der Waals surface area contributed by atoms with Gasteiger partial charge in [-0.15, -0.1) is 12.4 Å². The van der Waals surface area contributed by atoms with E-state index < -0.39 is 0 Å². The average molecular weight is 377 g/mol. The van der Waals surface area contributed by atoms with Crippen LogP contribution in [0.15, 0.2) is 36.5 Å². The van der Waals surface area contributed by atoms with Crippen molar-refractivity contribution in [2.24, 2.45) is 0 Å². The molecule has 2 aromatic rings. The van der Waals surface area contributed by atoms with Gasteiger partial charge in [0.2, 0.25) is 0 Å². The monoisotopic (exact) mass is 376 g/mol. The lowest BCUT2D eigenvalue weighted by molar-refractivity contribution is 0.0933. The molecule has 142 valence electrons. The summed E-state index contributed by atoms with van der Waals surface area (Å²) in [6.45, 7) is 8.35. The van der Waals surface area contributed by atoms with Crippen molar-refractivity contribution in [2.45, 2.75) is 51.6 Å². The lowest BCUT2D eigenvalue weighted by Gasteiger charge is -2.22. The molecule has 26 heavy (non-hydrogen) atoms. The van der Waals surface area contributed by atoms with Gasteiger partial charge in [-0.1, -0.05) is 38.1 Å². The zero-order valence-electron chi connectivity index (χ0n) is 15.7. The predicted octanol–water partition coefficient (Wildman–Crippen LogP) is 3.84. The van der Waals surface area contributed by atoms with Gasteiger partial charge in [0.15, 0.2) is 0 Å². The highest BCUT2D eigenvalue weighted by atomic mass is 35.5. The number of nitrogens with one attached hydrogen (secondary N) is 2. The summed E-state index contributed by atoms with van der Waals surface area (Å²) >= 11 is 0. The molecule has 1 saturated heterocycles. The van der Waals surface area contributed by atoms with Crippen LogP contribution in [0.5, 0.6) is 0 Å². The summed E-state index contributed by atoms with van der Waals surface area (Å²) in [5.41, 5.74) is 2.90. The molecule has 1 aliphatic heterocycles. The molecular formula is C20H29ClN4O. The number of carbonyl (C=O) groups is 1. The maximum absolute atomic E-state index is 12.5. The van der Waals surface area contributed by atoms with Crippen molar-refractivity contribution in [3.05, 3.63) is 53.3 Å². The van der Waals surface area contributed by atoms with Crippen molar-refractivity contribution < 1.29 is 4.79 Å². The number of piperidine rings is 1. The highest BCUT2D eigenvalue weighted by molar-refractivity contribution is 5.92. The normalized spacial score (nSPS) is 18.2. The first-order valence-electron chi connectivity index (χ1n) is 9.21. The Bertz CT molecular complexity index is 705. The van der Waals surface area contributed by atoms with E-state index in [1.807, 2.05) is 17.8 Å². The van der Waals surface area contributed by atoms with Crippen LogP contribution in [0.3, 0.4) is 0 Å². The molecule has 1 aliphatic rings. The van der Waals surface area contributed by atoms with E-state index in [0.717, 1.165) is 31.5 Å². The maximum atomic E-state index is 12.5. The Hall–Kier alpha value is -1.85. The van der Waals surface area contributed by atoms with E-state index >= 15 is 0 Å². The zero-order chi connectivity index (χ0) is 17.8. The number of aromatic nitrogens is 2. The Kier molecular flexibility index (Phi) is 7.23. The second-order valence-corrected chi connectivity index (χ2v) is 7.20. The van der Waals surface area contributed by atoms with Crippen molar-refractivity contribution in [2.75, 3.05) is 13.1 Å². The van der Waals surface area contributed by atoms with Gasteiger partial charge < -0.3 is 10.6 Å². The van der Waals surface area contributed by atoms with E-state index in [4.69, 9.17) is 0 Å². The fourth-order valence-electron chi connectivity index (χ4n) is 3.25. The van der Waals surface area contributed by atoms with Crippen LogP contribution < -0.4 is 10.6 Å². The minimum absolute atomic E-state index is 0. The van der Waals surface area contributed by atoms with Crippen molar-refractivity contribution >= 4 is 18.3 Å². The average Bonchev–Trinajstić information content (AvgIpc) is 3.13. The third kappa shape index (κ3) is 4.86. The molecule has 0 spiro atoms. The lowest BCUT2D eigenvalue weighted by atomic mass is 9.99. The second kappa shape index (κ2) is 9.19. The summed E-state index contributed by atoms with van der Waals surface area (Å²) in [5, 5.41) is 10.9. The number of hydrogen-bond donors (Lipinski definition) is 2. The summed E-state index contributed by atoms with van der Waals surface area (Å²) in [4.78, 5) is 12.5. The number of carbonyl (C=O) groups excluding carboxylic acids is 1. The molecular weight excluding hydrogens is 348 g/mol. The van der Waals surface area contributed by atoms with Gasteiger partial charge in [0, 0.05) is 12.7 Å². The lowest BCUT2D eigenvalue weighted by Crippen LogP contribution is -2.32. The van der Waals surface area contributed by atoms with Crippen LogP contribution in [0, 0.1) is 0 Å². The third-order valence-corrected chi connectivity index (χ3v) is 4.94. The van der Waals surface area contributed by atoms with Crippen molar-refractivity contribution in [1.82, 2.24) is 20.4 Å². The van der Waals surface area contributed by atoms with E-state index in [9.17, 15) is 4.79 Å². The van der Waals surface area contributed by atoms with Crippen molar-refractivity contribution in [1.29, 1.82) is 0 Å². The molecule has 1 aromatic carbocycles. The second-order valence-electron chi connectivity index (χ2n) is 7.20. The van der Waals surface area contributed by atoms with Gasteiger partial charge >= 0.3 is 0 Å². The molecule has 1 fully saturated rings. The summed E-state index contributed by atoms with van der Waals surface area (Å²) < 4.78 is 1.92. The van der Waals surface area contributed by atoms with Gasteiger partial charge in [-0.25, -0.2) is 0 Å². The first kappa shape index (κ1) is 20.5. The first-order chi connectivity index (χ1) is 12.0. The summed E-state index contributed by atoms with van der Waals surface area (Å²) in [6.07, 6.45) is 4.17. The number of benzene rings is 1. The molecule has 5 nitrogen and oxygen atoms in total. The fourth-order valence-corrected chi connectivity index (χ4v) is 3.25. The number of halogens is 1. The van der Waals surface area contributed by atoms with E-state index in [1.165, 1.54) is 5.56 Å². The quantitative estimate of drug-likeness (QED) is 0.833.